The number of piperidine rings is 1. The lowest BCUT2D eigenvalue weighted by molar-refractivity contribution is -0.126. The third kappa shape index (κ3) is 6.70. The molecule has 0 unspecified atom stereocenters. The lowest BCUT2D eigenvalue weighted by Gasteiger charge is -2.31. The molecule has 0 saturated carbocycles. The van der Waals surface area contributed by atoms with Crippen molar-refractivity contribution in [2.75, 3.05) is 20.2 Å². The summed E-state index contributed by atoms with van der Waals surface area (Å²) in [5.41, 5.74) is 3.73. The monoisotopic (exact) mass is 540 g/mol. The van der Waals surface area contributed by atoms with E-state index < -0.39 is 10.0 Å². The standard InChI is InChI=1S/C26H34Cl2N2O4S/c1-16(2)22-14-23(17(3)12-25(22)34-5)18(4)29-26(31)19-8-10-30(11-9-19)35(32,33)15-20-6-7-21(27)13-24(20)28/h6-7,12-14,16,18-19H,8-11,15H2,1-5H3,(H,29,31)/t18-/m0/s1. The first-order chi connectivity index (χ1) is 16.4. The number of nitrogens with zero attached hydrogens (tertiary/aromatic N) is 1. The largest absolute Gasteiger partial charge is 0.496 e. The summed E-state index contributed by atoms with van der Waals surface area (Å²) in [5.74, 6) is 0.684. The molecule has 0 spiro atoms. The Bertz CT molecular complexity index is 1180. The second-order valence-corrected chi connectivity index (χ2v) is 12.3. The first kappa shape index (κ1) is 27.8. The van der Waals surface area contributed by atoms with Gasteiger partial charge in [0, 0.05) is 29.1 Å². The Balaban J connectivity index is 1.62. The van der Waals surface area contributed by atoms with E-state index in [2.05, 4.69) is 25.2 Å². The van der Waals surface area contributed by atoms with Crippen molar-refractivity contribution in [2.45, 2.75) is 58.2 Å². The van der Waals surface area contributed by atoms with Gasteiger partial charge in [-0.1, -0.05) is 43.1 Å². The molecule has 35 heavy (non-hydrogen) atoms. The highest BCUT2D eigenvalue weighted by molar-refractivity contribution is 7.88. The van der Waals surface area contributed by atoms with Crippen LogP contribution in [0.4, 0.5) is 0 Å². The summed E-state index contributed by atoms with van der Waals surface area (Å²) in [4.78, 5) is 13.0. The fourth-order valence-corrected chi connectivity index (χ4v) is 6.69. The summed E-state index contributed by atoms with van der Waals surface area (Å²) >= 11 is 12.1. The van der Waals surface area contributed by atoms with Crippen molar-refractivity contribution in [1.29, 1.82) is 0 Å². The number of halogens is 2. The Kier molecular flexibility index (Phi) is 9.13. The van der Waals surface area contributed by atoms with Crippen molar-refractivity contribution in [3.8, 4) is 5.75 Å². The van der Waals surface area contributed by atoms with Gasteiger partial charge in [0.15, 0.2) is 0 Å². The summed E-state index contributed by atoms with van der Waals surface area (Å²) < 4.78 is 32.8. The Morgan fingerprint density at radius 3 is 2.34 bits per heavy atom. The van der Waals surface area contributed by atoms with Crippen LogP contribution < -0.4 is 10.1 Å². The highest BCUT2D eigenvalue weighted by atomic mass is 35.5. The van der Waals surface area contributed by atoms with E-state index in [0.29, 0.717) is 47.5 Å². The fraction of sp³-hybridized carbons (Fsp3) is 0.500. The molecular weight excluding hydrogens is 507 g/mol. The number of rotatable bonds is 8. The molecule has 1 aliphatic heterocycles. The van der Waals surface area contributed by atoms with Gasteiger partial charge < -0.3 is 10.1 Å². The van der Waals surface area contributed by atoms with Gasteiger partial charge in [0.1, 0.15) is 5.75 Å². The third-order valence-electron chi connectivity index (χ3n) is 6.64. The van der Waals surface area contributed by atoms with Crippen LogP contribution in [0.25, 0.3) is 0 Å². The maximum atomic E-state index is 13.0. The molecule has 2 aromatic rings. The Morgan fingerprint density at radius 1 is 1.11 bits per heavy atom. The molecule has 1 aliphatic rings. The molecule has 6 nitrogen and oxygen atoms in total. The predicted molar refractivity (Wildman–Crippen MR) is 142 cm³/mol. The molecule has 0 radical (unpaired) electrons. The van der Waals surface area contributed by atoms with Crippen molar-refractivity contribution in [3.05, 3.63) is 62.6 Å². The molecule has 9 heteroatoms. The smallest absolute Gasteiger partial charge is 0.223 e. The van der Waals surface area contributed by atoms with E-state index in [1.807, 2.05) is 19.9 Å². The van der Waals surface area contributed by atoms with Crippen molar-refractivity contribution >= 4 is 39.1 Å². The number of ether oxygens (including phenoxy) is 1. The molecule has 1 heterocycles. The van der Waals surface area contributed by atoms with Crippen LogP contribution in [0.3, 0.4) is 0 Å². The first-order valence-electron chi connectivity index (χ1n) is 11.8. The topological polar surface area (TPSA) is 75.7 Å². The van der Waals surface area contributed by atoms with Crippen LogP contribution >= 0.6 is 23.2 Å². The van der Waals surface area contributed by atoms with Crippen LogP contribution in [0, 0.1) is 12.8 Å². The number of sulfonamides is 1. The number of hydrogen-bond acceptors (Lipinski definition) is 4. The average Bonchev–Trinajstić information content (AvgIpc) is 2.80. The summed E-state index contributed by atoms with van der Waals surface area (Å²) in [6.07, 6.45) is 0.954. The van der Waals surface area contributed by atoms with E-state index in [9.17, 15) is 13.2 Å². The van der Waals surface area contributed by atoms with Gasteiger partial charge in [0.05, 0.1) is 18.9 Å². The Morgan fingerprint density at radius 2 is 1.77 bits per heavy atom. The van der Waals surface area contributed by atoms with Crippen molar-refractivity contribution < 1.29 is 17.9 Å². The fourth-order valence-electron chi connectivity index (χ4n) is 4.54. The number of carbonyl (C=O) groups is 1. The SMILES string of the molecule is COc1cc(C)c([C@H](C)NC(=O)C2CCN(S(=O)(=O)Cc3ccc(Cl)cc3Cl)CC2)cc1C(C)C. The molecule has 0 aromatic heterocycles. The molecule has 0 bridgehead atoms. The molecule has 0 aliphatic carbocycles. The summed E-state index contributed by atoms with van der Waals surface area (Å²) in [6.45, 7) is 8.83. The zero-order valence-electron chi connectivity index (χ0n) is 20.9. The van der Waals surface area contributed by atoms with Gasteiger partial charge in [0.25, 0.3) is 0 Å². The Labute approximate surface area is 219 Å². The van der Waals surface area contributed by atoms with Crippen molar-refractivity contribution in [3.63, 3.8) is 0 Å². The normalized spacial score (nSPS) is 16.3. The lowest BCUT2D eigenvalue weighted by atomic mass is 9.92. The van der Waals surface area contributed by atoms with Gasteiger partial charge in [-0.25, -0.2) is 12.7 Å². The van der Waals surface area contributed by atoms with Gasteiger partial charge in [-0.2, -0.15) is 0 Å². The minimum Gasteiger partial charge on any atom is -0.496 e. The van der Waals surface area contributed by atoms with Crippen LogP contribution in [-0.4, -0.2) is 38.8 Å². The van der Waals surface area contributed by atoms with E-state index in [0.717, 1.165) is 22.4 Å². The highest BCUT2D eigenvalue weighted by Gasteiger charge is 2.32. The third-order valence-corrected chi connectivity index (χ3v) is 9.05. The minimum absolute atomic E-state index is 0.0448. The molecule has 1 N–H and O–H groups in total. The lowest BCUT2D eigenvalue weighted by Crippen LogP contribution is -2.43. The highest BCUT2D eigenvalue weighted by Crippen LogP contribution is 2.32. The van der Waals surface area contributed by atoms with Gasteiger partial charge in [-0.05, 0) is 79.1 Å². The van der Waals surface area contributed by atoms with E-state index >= 15 is 0 Å². The molecule has 3 rings (SSSR count). The number of methoxy groups -OCH3 is 1. The van der Waals surface area contributed by atoms with E-state index in [1.165, 1.54) is 4.31 Å². The van der Waals surface area contributed by atoms with E-state index in [1.54, 1.807) is 25.3 Å². The summed E-state index contributed by atoms with van der Waals surface area (Å²) in [6, 6.07) is 8.77. The first-order valence-corrected chi connectivity index (χ1v) is 14.2. The van der Waals surface area contributed by atoms with Gasteiger partial charge in [0.2, 0.25) is 15.9 Å². The van der Waals surface area contributed by atoms with Gasteiger partial charge >= 0.3 is 0 Å². The number of nitrogens with one attached hydrogen (secondary N) is 1. The number of hydrogen-bond donors (Lipinski definition) is 1. The molecule has 2 aromatic carbocycles. The minimum atomic E-state index is -3.55. The molecule has 1 saturated heterocycles. The maximum Gasteiger partial charge on any atom is 0.223 e. The quantitative estimate of drug-likeness (QED) is 0.455. The van der Waals surface area contributed by atoms with Crippen molar-refractivity contribution in [1.82, 2.24) is 9.62 Å². The zero-order chi connectivity index (χ0) is 25.9. The number of amides is 1. The van der Waals surface area contributed by atoms with Gasteiger partial charge in [-0.15, -0.1) is 0 Å². The second kappa shape index (κ2) is 11.5. The van der Waals surface area contributed by atoms with E-state index in [4.69, 9.17) is 27.9 Å². The predicted octanol–water partition coefficient (Wildman–Crippen LogP) is 5.85. The summed E-state index contributed by atoms with van der Waals surface area (Å²) in [5, 5.41) is 3.93. The maximum absolute atomic E-state index is 13.0. The van der Waals surface area contributed by atoms with Gasteiger partial charge in [-0.3, -0.25) is 4.79 Å². The zero-order valence-corrected chi connectivity index (χ0v) is 23.2. The van der Waals surface area contributed by atoms with Crippen LogP contribution in [-0.2, 0) is 20.6 Å². The molecule has 1 atom stereocenters. The van der Waals surface area contributed by atoms with Crippen molar-refractivity contribution in [2.24, 2.45) is 5.92 Å². The molecular formula is C26H34Cl2N2O4S. The number of benzene rings is 2. The summed E-state index contributed by atoms with van der Waals surface area (Å²) in [7, 11) is -1.88. The molecule has 192 valence electrons. The Hall–Kier alpha value is -1.80. The van der Waals surface area contributed by atoms with Crippen LogP contribution in [0.5, 0.6) is 5.75 Å². The number of aryl methyl sites for hydroxylation is 1. The molecule has 1 amide bonds. The van der Waals surface area contributed by atoms with Crippen LogP contribution in [0.15, 0.2) is 30.3 Å². The molecule has 1 fully saturated rings. The number of carbonyl (C=O) groups excluding carboxylic acids is 1. The second-order valence-electron chi connectivity index (χ2n) is 9.50. The van der Waals surface area contributed by atoms with E-state index in [-0.39, 0.29) is 23.6 Å². The average molecular weight is 542 g/mol. The van der Waals surface area contributed by atoms with Crippen LogP contribution in [0.1, 0.15) is 67.8 Å². The van der Waals surface area contributed by atoms with Crippen LogP contribution in [0.2, 0.25) is 10.0 Å².